The Kier molecular flexibility index (Phi) is 3.79. The number of nitrogens with zero attached hydrogens (tertiary/aromatic N) is 2. The number of methoxy groups -OCH3 is 1. The van der Waals surface area contributed by atoms with Crippen LogP contribution < -0.4 is 4.74 Å². The minimum absolute atomic E-state index is 0.521. The molecule has 0 radical (unpaired) electrons. The average Bonchev–Trinajstić information content (AvgIpc) is 2.95. The molecule has 3 aromatic rings. The van der Waals surface area contributed by atoms with Crippen LogP contribution in [0.4, 0.5) is 0 Å². The van der Waals surface area contributed by atoms with Gasteiger partial charge in [0.2, 0.25) is 0 Å². The zero-order chi connectivity index (χ0) is 14.7. The highest BCUT2D eigenvalue weighted by molar-refractivity contribution is 7.83. The molecule has 1 unspecified atom stereocenters. The monoisotopic (exact) mass is 300 g/mol. The zero-order valence-electron chi connectivity index (χ0n) is 11.2. The lowest BCUT2D eigenvalue weighted by molar-refractivity contribution is 0.415. The van der Waals surface area contributed by atoms with Crippen molar-refractivity contribution in [1.82, 2.24) is 5.16 Å². The van der Waals surface area contributed by atoms with Gasteiger partial charge in [-0.3, -0.25) is 0 Å². The van der Waals surface area contributed by atoms with E-state index in [1.807, 2.05) is 18.2 Å². The summed E-state index contributed by atoms with van der Waals surface area (Å²) >= 11 is 0. The molecule has 0 amide bonds. The van der Waals surface area contributed by atoms with Crippen LogP contribution in [0.3, 0.4) is 0 Å². The van der Waals surface area contributed by atoms with Crippen LogP contribution in [-0.4, -0.2) is 22.7 Å². The number of fused-ring (bicyclic) bond motifs is 1. The second-order valence-electron chi connectivity index (χ2n) is 4.23. The molecule has 1 aromatic heterocycles. The standard InChI is InChI=1S/C15H12N2O3S/c1-19-11-7-8-15-13(9-11)14(17-20-15)10-16-21(18)12-5-3-2-4-6-12/h2-10H,1H3/b16-10+. The van der Waals surface area contributed by atoms with Gasteiger partial charge in [0, 0.05) is 0 Å². The summed E-state index contributed by atoms with van der Waals surface area (Å²) in [4.78, 5) is 0.638. The first-order chi connectivity index (χ1) is 10.3. The summed E-state index contributed by atoms with van der Waals surface area (Å²) in [5, 5.41) is 4.69. The van der Waals surface area contributed by atoms with E-state index in [0.29, 0.717) is 21.9 Å². The first-order valence-electron chi connectivity index (χ1n) is 6.22. The smallest absolute Gasteiger partial charge is 0.172 e. The quantitative estimate of drug-likeness (QED) is 0.695. The van der Waals surface area contributed by atoms with E-state index in [1.54, 1.807) is 37.4 Å². The van der Waals surface area contributed by atoms with E-state index in [2.05, 4.69) is 9.55 Å². The number of hydrogen-bond acceptors (Lipinski definition) is 4. The fourth-order valence-corrected chi connectivity index (χ4v) is 2.56. The van der Waals surface area contributed by atoms with Gasteiger partial charge in [-0.15, -0.1) is 0 Å². The molecule has 2 aromatic carbocycles. The molecule has 1 heterocycles. The molecule has 0 aliphatic rings. The van der Waals surface area contributed by atoms with Crippen LogP contribution in [0.1, 0.15) is 5.69 Å². The van der Waals surface area contributed by atoms with Crippen LogP contribution in [0.15, 0.2) is 62.3 Å². The molecule has 0 fully saturated rings. The minimum atomic E-state index is -1.46. The maximum Gasteiger partial charge on any atom is 0.172 e. The van der Waals surface area contributed by atoms with Crippen LogP contribution in [-0.2, 0) is 11.0 Å². The van der Waals surface area contributed by atoms with Gasteiger partial charge >= 0.3 is 0 Å². The summed E-state index contributed by atoms with van der Waals surface area (Å²) in [5.74, 6) is 0.699. The van der Waals surface area contributed by atoms with E-state index < -0.39 is 11.0 Å². The number of ether oxygens (including phenoxy) is 1. The van der Waals surface area contributed by atoms with Gasteiger partial charge < -0.3 is 9.26 Å². The Bertz CT molecular complexity index is 812. The number of hydrogen-bond donors (Lipinski definition) is 0. The van der Waals surface area contributed by atoms with Gasteiger partial charge in [-0.05, 0) is 30.3 Å². The molecule has 5 nitrogen and oxygen atoms in total. The van der Waals surface area contributed by atoms with Gasteiger partial charge in [0.05, 0.1) is 23.6 Å². The topological polar surface area (TPSA) is 64.7 Å². The molecule has 1 atom stereocenters. The van der Waals surface area contributed by atoms with Gasteiger partial charge in [0.15, 0.2) is 16.6 Å². The summed E-state index contributed by atoms with van der Waals surface area (Å²) in [6, 6.07) is 14.4. The Morgan fingerprint density at radius 2 is 2.05 bits per heavy atom. The molecule has 3 rings (SSSR count). The van der Waals surface area contributed by atoms with Crippen LogP contribution >= 0.6 is 0 Å². The summed E-state index contributed by atoms with van der Waals surface area (Å²) in [5.41, 5.74) is 1.15. The molecule has 0 N–H and O–H groups in total. The van der Waals surface area contributed by atoms with Crippen molar-refractivity contribution in [2.75, 3.05) is 7.11 Å². The SMILES string of the molecule is COc1ccc2onc(/C=N/S(=O)c3ccccc3)c2c1. The molecular formula is C15H12N2O3S. The van der Waals surface area contributed by atoms with Gasteiger partial charge in [0.1, 0.15) is 11.4 Å². The van der Waals surface area contributed by atoms with E-state index in [1.165, 1.54) is 6.21 Å². The Hall–Kier alpha value is -2.47. The van der Waals surface area contributed by atoms with Crippen LogP contribution in [0, 0.1) is 0 Å². The van der Waals surface area contributed by atoms with E-state index >= 15 is 0 Å². The van der Waals surface area contributed by atoms with Crippen molar-refractivity contribution in [1.29, 1.82) is 0 Å². The van der Waals surface area contributed by atoms with Gasteiger partial charge in [-0.1, -0.05) is 23.4 Å². The molecule has 0 aliphatic heterocycles. The lowest BCUT2D eigenvalue weighted by Gasteiger charge is -1.97. The van der Waals surface area contributed by atoms with Crippen molar-refractivity contribution in [3.05, 3.63) is 54.2 Å². The van der Waals surface area contributed by atoms with Crippen molar-refractivity contribution in [3.8, 4) is 5.75 Å². The molecule has 0 saturated carbocycles. The van der Waals surface area contributed by atoms with Gasteiger partial charge in [-0.25, -0.2) is 4.21 Å². The third-order valence-corrected chi connectivity index (χ3v) is 3.89. The Labute approximate surface area is 123 Å². The van der Waals surface area contributed by atoms with E-state index in [-0.39, 0.29) is 0 Å². The van der Waals surface area contributed by atoms with E-state index in [4.69, 9.17) is 9.26 Å². The highest BCUT2D eigenvalue weighted by atomic mass is 32.2. The second kappa shape index (κ2) is 5.88. The molecule has 0 bridgehead atoms. The number of aromatic nitrogens is 1. The molecule has 0 saturated heterocycles. The van der Waals surface area contributed by atoms with Crippen molar-refractivity contribution in [3.63, 3.8) is 0 Å². The van der Waals surface area contributed by atoms with Gasteiger partial charge in [0.25, 0.3) is 0 Å². The first kappa shape index (κ1) is 13.5. The fourth-order valence-electron chi connectivity index (χ4n) is 1.85. The molecule has 21 heavy (non-hydrogen) atoms. The van der Waals surface area contributed by atoms with Crippen LogP contribution in [0.25, 0.3) is 11.0 Å². The normalized spacial score (nSPS) is 12.8. The predicted molar refractivity (Wildman–Crippen MR) is 81.0 cm³/mol. The predicted octanol–water partition coefficient (Wildman–Crippen LogP) is 2.98. The largest absolute Gasteiger partial charge is 0.497 e. The highest BCUT2D eigenvalue weighted by Crippen LogP contribution is 2.23. The third kappa shape index (κ3) is 2.85. The molecule has 0 aliphatic carbocycles. The van der Waals surface area contributed by atoms with Crippen molar-refractivity contribution >= 4 is 28.2 Å². The summed E-state index contributed by atoms with van der Waals surface area (Å²) < 4.78 is 26.4. The lowest BCUT2D eigenvalue weighted by atomic mass is 10.2. The Morgan fingerprint density at radius 1 is 1.24 bits per heavy atom. The third-order valence-electron chi connectivity index (χ3n) is 2.92. The zero-order valence-corrected chi connectivity index (χ0v) is 12.0. The van der Waals surface area contributed by atoms with E-state index in [9.17, 15) is 4.21 Å². The highest BCUT2D eigenvalue weighted by Gasteiger charge is 2.08. The van der Waals surface area contributed by atoms with Crippen LogP contribution in [0.5, 0.6) is 5.75 Å². The summed E-state index contributed by atoms with van der Waals surface area (Å²) in [7, 11) is 0.129. The molecule has 106 valence electrons. The molecular weight excluding hydrogens is 288 g/mol. The van der Waals surface area contributed by atoms with E-state index in [0.717, 1.165) is 5.39 Å². The number of benzene rings is 2. The van der Waals surface area contributed by atoms with Crippen molar-refractivity contribution in [2.24, 2.45) is 4.40 Å². The molecule has 6 heteroatoms. The van der Waals surface area contributed by atoms with Crippen molar-refractivity contribution < 1.29 is 13.5 Å². The number of rotatable bonds is 4. The first-order valence-corrected chi connectivity index (χ1v) is 7.33. The summed E-state index contributed by atoms with van der Waals surface area (Å²) in [6.07, 6.45) is 1.45. The maximum atomic E-state index is 12.0. The average molecular weight is 300 g/mol. The van der Waals surface area contributed by atoms with Crippen LogP contribution in [0.2, 0.25) is 0 Å². The fraction of sp³-hybridized carbons (Fsp3) is 0.0667. The molecule has 0 spiro atoms. The Morgan fingerprint density at radius 3 is 2.81 bits per heavy atom. The minimum Gasteiger partial charge on any atom is -0.497 e. The second-order valence-corrected chi connectivity index (χ2v) is 5.41. The maximum absolute atomic E-state index is 12.0. The lowest BCUT2D eigenvalue weighted by Crippen LogP contribution is -1.89. The van der Waals surface area contributed by atoms with Gasteiger partial charge in [-0.2, -0.15) is 4.40 Å². The summed E-state index contributed by atoms with van der Waals surface area (Å²) in [6.45, 7) is 0. The van der Waals surface area contributed by atoms with Crippen molar-refractivity contribution in [2.45, 2.75) is 4.90 Å². The Balaban J connectivity index is 1.91.